The first-order chi connectivity index (χ1) is 9.51. The van der Waals surface area contributed by atoms with Crippen molar-refractivity contribution >= 4 is 28.1 Å². The van der Waals surface area contributed by atoms with E-state index >= 15 is 0 Å². The van der Waals surface area contributed by atoms with Crippen molar-refractivity contribution in [2.75, 3.05) is 18.1 Å². The monoisotopic (exact) mass is 299 g/mol. The van der Waals surface area contributed by atoms with E-state index in [0.717, 1.165) is 11.3 Å². The number of hydrogen-bond acceptors (Lipinski definition) is 6. The lowest BCUT2D eigenvalue weighted by Gasteiger charge is -2.04. The van der Waals surface area contributed by atoms with Crippen LogP contribution in [0.25, 0.3) is 0 Å². The molecule has 0 aliphatic carbocycles. The van der Waals surface area contributed by atoms with Gasteiger partial charge in [0, 0.05) is 12.6 Å². The third-order valence-corrected chi connectivity index (χ3v) is 3.50. The van der Waals surface area contributed by atoms with Crippen LogP contribution in [0.3, 0.4) is 0 Å². The van der Waals surface area contributed by atoms with E-state index in [1.165, 1.54) is 24.3 Å². The lowest BCUT2D eigenvalue weighted by Crippen LogP contribution is -2.04. The molecule has 0 bridgehead atoms. The van der Waals surface area contributed by atoms with Gasteiger partial charge in [-0.15, -0.1) is 0 Å². The molecule has 2 rings (SSSR count). The van der Waals surface area contributed by atoms with Gasteiger partial charge in [-0.3, -0.25) is 4.79 Å². The average molecular weight is 299 g/mol. The van der Waals surface area contributed by atoms with Gasteiger partial charge >= 0.3 is 6.61 Å². The second-order valence-electron chi connectivity index (χ2n) is 3.72. The van der Waals surface area contributed by atoms with E-state index < -0.39 is 6.61 Å². The fourth-order valence-corrected chi connectivity index (χ4v) is 2.32. The summed E-state index contributed by atoms with van der Waals surface area (Å²) in [5.74, 6) is -0.188. The molecule has 0 fully saturated rings. The zero-order valence-corrected chi connectivity index (χ0v) is 11.2. The van der Waals surface area contributed by atoms with E-state index in [0.29, 0.717) is 15.6 Å². The molecule has 1 aromatic heterocycles. The second kappa shape index (κ2) is 5.83. The van der Waals surface area contributed by atoms with E-state index in [-0.39, 0.29) is 17.4 Å². The SMILES string of the molecule is CNc1nc(N)c(C(=O)c2ccc(OC(F)F)cc2)s1. The summed E-state index contributed by atoms with van der Waals surface area (Å²) >= 11 is 1.13. The van der Waals surface area contributed by atoms with Crippen LogP contribution in [0.2, 0.25) is 0 Å². The van der Waals surface area contributed by atoms with E-state index in [1.54, 1.807) is 7.05 Å². The van der Waals surface area contributed by atoms with Gasteiger partial charge < -0.3 is 15.8 Å². The Morgan fingerprint density at radius 3 is 2.55 bits per heavy atom. The maximum absolute atomic E-state index is 12.2. The topological polar surface area (TPSA) is 77.2 Å². The molecule has 2 aromatic rings. The van der Waals surface area contributed by atoms with Crippen LogP contribution in [-0.2, 0) is 0 Å². The van der Waals surface area contributed by atoms with Gasteiger partial charge in [-0.2, -0.15) is 8.78 Å². The number of nitrogens with two attached hydrogens (primary N) is 1. The van der Waals surface area contributed by atoms with Crippen molar-refractivity contribution in [3.05, 3.63) is 34.7 Å². The van der Waals surface area contributed by atoms with Crippen LogP contribution in [0.1, 0.15) is 15.2 Å². The van der Waals surface area contributed by atoms with Crippen LogP contribution >= 0.6 is 11.3 Å². The van der Waals surface area contributed by atoms with Crippen LogP contribution in [0, 0.1) is 0 Å². The number of nitrogen functional groups attached to an aromatic ring is 1. The van der Waals surface area contributed by atoms with Gasteiger partial charge in [-0.25, -0.2) is 4.98 Å². The fraction of sp³-hybridized carbons (Fsp3) is 0.167. The Morgan fingerprint density at radius 1 is 1.40 bits per heavy atom. The van der Waals surface area contributed by atoms with Crippen LogP contribution in [0.5, 0.6) is 5.75 Å². The molecule has 3 N–H and O–H groups in total. The number of halogens is 2. The van der Waals surface area contributed by atoms with Gasteiger partial charge in [0.1, 0.15) is 16.4 Å². The first kappa shape index (κ1) is 14.2. The molecule has 0 aliphatic heterocycles. The second-order valence-corrected chi connectivity index (χ2v) is 4.71. The molecule has 1 aromatic carbocycles. The summed E-state index contributed by atoms with van der Waals surface area (Å²) in [4.78, 5) is 16.5. The van der Waals surface area contributed by atoms with Gasteiger partial charge in [0.15, 0.2) is 5.13 Å². The van der Waals surface area contributed by atoms with Crippen molar-refractivity contribution in [1.29, 1.82) is 0 Å². The minimum atomic E-state index is -2.90. The summed E-state index contributed by atoms with van der Waals surface area (Å²) in [6, 6.07) is 5.40. The number of ether oxygens (including phenoxy) is 1. The number of nitrogens with zero attached hydrogens (tertiary/aromatic N) is 1. The highest BCUT2D eigenvalue weighted by Gasteiger charge is 2.17. The van der Waals surface area contributed by atoms with Gasteiger partial charge in [0.2, 0.25) is 5.78 Å². The number of hydrogen-bond donors (Lipinski definition) is 2. The predicted octanol–water partition coefficient (Wildman–Crippen LogP) is 2.60. The normalized spacial score (nSPS) is 10.6. The Balaban J connectivity index is 2.22. The number of ketones is 1. The molecule has 0 spiro atoms. The lowest BCUT2D eigenvalue weighted by atomic mass is 10.1. The summed E-state index contributed by atoms with van der Waals surface area (Å²) < 4.78 is 28.3. The molecule has 8 heteroatoms. The number of nitrogens with one attached hydrogen (secondary N) is 1. The van der Waals surface area contributed by atoms with E-state index in [1.807, 2.05) is 0 Å². The molecular weight excluding hydrogens is 288 g/mol. The van der Waals surface area contributed by atoms with Gasteiger partial charge in [-0.05, 0) is 24.3 Å². The number of rotatable bonds is 5. The Morgan fingerprint density at radius 2 is 2.05 bits per heavy atom. The summed E-state index contributed by atoms with van der Waals surface area (Å²) in [6.07, 6.45) is 0. The highest BCUT2D eigenvalue weighted by Crippen LogP contribution is 2.27. The number of benzene rings is 1. The molecule has 20 heavy (non-hydrogen) atoms. The molecule has 0 aliphatic rings. The molecule has 106 valence electrons. The van der Waals surface area contributed by atoms with Crippen molar-refractivity contribution in [2.24, 2.45) is 0 Å². The third kappa shape index (κ3) is 3.02. The largest absolute Gasteiger partial charge is 0.435 e. The summed E-state index contributed by atoms with van der Waals surface area (Å²) in [5.41, 5.74) is 5.99. The number of aromatic nitrogens is 1. The van der Waals surface area contributed by atoms with Crippen molar-refractivity contribution in [3.8, 4) is 5.75 Å². The van der Waals surface area contributed by atoms with Crippen molar-refractivity contribution in [1.82, 2.24) is 4.98 Å². The molecule has 0 saturated heterocycles. The van der Waals surface area contributed by atoms with Crippen LogP contribution in [0.4, 0.5) is 19.7 Å². The standard InChI is InChI=1S/C12H11F2N3O2S/c1-16-12-17-10(15)9(20-12)8(18)6-2-4-7(5-3-6)19-11(13)14/h2-5,11H,15H2,1H3,(H,16,17). The molecule has 5 nitrogen and oxygen atoms in total. The molecular formula is C12H11F2N3O2S. The number of carbonyl (C=O) groups is 1. The molecule has 0 saturated carbocycles. The fourth-order valence-electron chi connectivity index (χ4n) is 1.52. The van der Waals surface area contributed by atoms with E-state index in [4.69, 9.17) is 5.73 Å². The van der Waals surface area contributed by atoms with Crippen LogP contribution in [-0.4, -0.2) is 24.4 Å². The van der Waals surface area contributed by atoms with Crippen LogP contribution < -0.4 is 15.8 Å². The quantitative estimate of drug-likeness (QED) is 0.830. The minimum absolute atomic E-state index is 0.00950. The average Bonchev–Trinajstić information content (AvgIpc) is 2.79. The summed E-state index contributed by atoms with van der Waals surface area (Å²) in [5, 5.41) is 3.33. The number of carbonyl (C=O) groups excluding carboxylic acids is 1. The van der Waals surface area contributed by atoms with Crippen molar-refractivity contribution < 1.29 is 18.3 Å². The molecule has 1 heterocycles. The molecule has 0 atom stereocenters. The Labute approximate surface area is 117 Å². The Bertz CT molecular complexity index is 614. The minimum Gasteiger partial charge on any atom is -0.435 e. The first-order valence-corrected chi connectivity index (χ1v) is 6.36. The molecule has 0 amide bonds. The zero-order chi connectivity index (χ0) is 14.7. The number of alkyl halides is 2. The summed E-state index contributed by atoms with van der Waals surface area (Å²) in [7, 11) is 1.67. The number of anilines is 2. The van der Waals surface area contributed by atoms with E-state index in [2.05, 4.69) is 15.0 Å². The maximum atomic E-state index is 12.2. The smallest absolute Gasteiger partial charge is 0.387 e. The predicted molar refractivity (Wildman–Crippen MR) is 72.6 cm³/mol. The van der Waals surface area contributed by atoms with Gasteiger partial charge in [0.05, 0.1) is 0 Å². The summed E-state index contributed by atoms with van der Waals surface area (Å²) in [6.45, 7) is -2.90. The highest BCUT2D eigenvalue weighted by molar-refractivity contribution is 7.18. The molecule has 0 unspecified atom stereocenters. The maximum Gasteiger partial charge on any atom is 0.387 e. The van der Waals surface area contributed by atoms with Crippen molar-refractivity contribution in [3.63, 3.8) is 0 Å². The lowest BCUT2D eigenvalue weighted by molar-refractivity contribution is -0.0498. The number of thiazole rings is 1. The van der Waals surface area contributed by atoms with E-state index in [9.17, 15) is 13.6 Å². The Hall–Kier alpha value is -2.22. The van der Waals surface area contributed by atoms with Crippen LogP contribution in [0.15, 0.2) is 24.3 Å². The van der Waals surface area contributed by atoms with Crippen molar-refractivity contribution in [2.45, 2.75) is 6.61 Å². The zero-order valence-electron chi connectivity index (χ0n) is 10.4. The highest BCUT2D eigenvalue weighted by atomic mass is 32.1. The Kier molecular flexibility index (Phi) is 4.14. The first-order valence-electron chi connectivity index (χ1n) is 5.55. The van der Waals surface area contributed by atoms with Gasteiger partial charge in [0.25, 0.3) is 0 Å². The van der Waals surface area contributed by atoms with Gasteiger partial charge in [-0.1, -0.05) is 11.3 Å². The third-order valence-electron chi connectivity index (χ3n) is 2.42. The molecule has 0 radical (unpaired) electrons.